The van der Waals surface area contributed by atoms with Gasteiger partial charge in [-0.15, -0.1) is 0 Å². The molecule has 11 heteroatoms. The quantitative estimate of drug-likeness (QED) is 0.420. The van der Waals surface area contributed by atoms with Crippen molar-refractivity contribution in [3.05, 3.63) is 48.2 Å². The molecule has 0 aliphatic rings. The second-order valence-electron chi connectivity index (χ2n) is 7.32. The predicted octanol–water partition coefficient (Wildman–Crippen LogP) is 2.69. The van der Waals surface area contributed by atoms with Crippen LogP contribution in [0.1, 0.15) is 13.3 Å². The van der Waals surface area contributed by atoms with Gasteiger partial charge in [-0.25, -0.2) is 22.7 Å². The maximum absolute atomic E-state index is 14.7. The molecule has 2 aromatic carbocycles. The Labute approximate surface area is 177 Å². The number of methoxy groups -OCH3 is 1. The first-order valence-corrected chi connectivity index (χ1v) is 11.0. The SMILES string of the molecule is COc1ccc(-c2cc3cn(CC[C@](C)(C(=O)NO)S(C)(=O)=O)nc3cc2F)c(F)c1. The Balaban J connectivity index is 1.95. The van der Waals surface area contributed by atoms with E-state index in [9.17, 15) is 22.0 Å². The minimum absolute atomic E-state index is 0.000477. The first kappa shape index (κ1) is 22.6. The first-order chi connectivity index (χ1) is 14.5. The molecule has 1 aromatic heterocycles. The topological polar surface area (TPSA) is 111 Å². The Hall–Kier alpha value is -3.05. The number of halogens is 2. The van der Waals surface area contributed by atoms with Crippen molar-refractivity contribution in [3.8, 4) is 16.9 Å². The van der Waals surface area contributed by atoms with Crippen LogP contribution in [0.15, 0.2) is 36.5 Å². The van der Waals surface area contributed by atoms with Crippen molar-refractivity contribution in [1.29, 1.82) is 0 Å². The number of ether oxygens (including phenoxy) is 1. The highest BCUT2D eigenvalue weighted by Gasteiger charge is 2.43. The normalized spacial score (nSPS) is 13.7. The van der Waals surface area contributed by atoms with Gasteiger partial charge in [-0.05, 0) is 31.5 Å². The molecule has 0 aliphatic heterocycles. The third kappa shape index (κ3) is 4.23. The van der Waals surface area contributed by atoms with Crippen LogP contribution in [0.2, 0.25) is 0 Å². The summed E-state index contributed by atoms with van der Waals surface area (Å²) in [6, 6.07) is 6.68. The van der Waals surface area contributed by atoms with Gasteiger partial charge in [-0.3, -0.25) is 14.7 Å². The lowest BCUT2D eigenvalue weighted by Crippen LogP contribution is -2.49. The Bertz CT molecular complexity index is 1260. The summed E-state index contributed by atoms with van der Waals surface area (Å²) in [4.78, 5) is 11.9. The smallest absolute Gasteiger partial charge is 0.264 e. The van der Waals surface area contributed by atoms with Crippen LogP contribution in [0, 0.1) is 11.6 Å². The van der Waals surface area contributed by atoms with Crippen LogP contribution in [0.25, 0.3) is 22.0 Å². The molecule has 0 saturated heterocycles. The fraction of sp³-hybridized carbons (Fsp3) is 0.300. The standard InChI is InChI=1S/C20H21F2N3O5S/c1-20(19(26)24-27,31(3,28)29)6-7-25-11-12-8-15(17(22)10-18(12)23-25)14-5-4-13(30-2)9-16(14)21/h4-5,8-11,27H,6-7H2,1-3H3,(H,24,26)/t20-/m1/s1. The molecule has 31 heavy (non-hydrogen) atoms. The highest BCUT2D eigenvalue weighted by atomic mass is 32.2. The van der Waals surface area contributed by atoms with E-state index in [2.05, 4.69) is 5.10 Å². The number of nitrogens with zero attached hydrogens (tertiary/aromatic N) is 2. The van der Waals surface area contributed by atoms with Gasteiger partial charge in [0.1, 0.15) is 17.4 Å². The van der Waals surface area contributed by atoms with Gasteiger partial charge in [-0.2, -0.15) is 5.10 Å². The van der Waals surface area contributed by atoms with Gasteiger partial charge >= 0.3 is 0 Å². The summed E-state index contributed by atoms with van der Waals surface area (Å²) in [6.45, 7) is 1.20. The number of fused-ring (bicyclic) bond motifs is 1. The summed E-state index contributed by atoms with van der Waals surface area (Å²) in [7, 11) is -2.46. The summed E-state index contributed by atoms with van der Waals surface area (Å²) in [5.74, 6) is -2.09. The lowest BCUT2D eigenvalue weighted by molar-refractivity contribution is -0.131. The van der Waals surface area contributed by atoms with Crippen LogP contribution in [-0.4, -0.2) is 47.4 Å². The first-order valence-electron chi connectivity index (χ1n) is 9.15. The van der Waals surface area contributed by atoms with Gasteiger partial charge in [0.15, 0.2) is 14.6 Å². The molecule has 3 rings (SSSR count). The molecule has 1 heterocycles. The number of carbonyl (C=O) groups is 1. The summed E-state index contributed by atoms with van der Waals surface area (Å²) in [6.07, 6.45) is 2.25. The second-order valence-corrected chi connectivity index (χ2v) is 9.77. The average Bonchev–Trinajstić information content (AvgIpc) is 3.11. The Morgan fingerprint density at radius 3 is 2.48 bits per heavy atom. The number of hydrogen-bond donors (Lipinski definition) is 2. The fourth-order valence-electron chi connectivity index (χ4n) is 3.17. The summed E-state index contributed by atoms with van der Waals surface area (Å²) >= 11 is 0. The van der Waals surface area contributed by atoms with E-state index in [-0.39, 0.29) is 29.6 Å². The molecule has 0 bridgehead atoms. The van der Waals surface area contributed by atoms with E-state index in [1.165, 1.54) is 42.4 Å². The van der Waals surface area contributed by atoms with Crippen LogP contribution in [-0.2, 0) is 21.2 Å². The van der Waals surface area contributed by atoms with E-state index in [4.69, 9.17) is 9.94 Å². The lowest BCUT2D eigenvalue weighted by Gasteiger charge is -2.24. The maximum atomic E-state index is 14.7. The maximum Gasteiger partial charge on any atom is 0.264 e. The van der Waals surface area contributed by atoms with Gasteiger partial charge in [0, 0.05) is 47.6 Å². The van der Waals surface area contributed by atoms with Gasteiger partial charge in [0.2, 0.25) is 0 Å². The van der Waals surface area contributed by atoms with Crippen LogP contribution in [0.4, 0.5) is 8.78 Å². The van der Waals surface area contributed by atoms with E-state index in [1.54, 1.807) is 6.20 Å². The van der Waals surface area contributed by atoms with E-state index >= 15 is 0 Å². The highest BCUT2D eigenvalue weighted by Crippen LogP contribution is 2.31. The van der Waals surface area contributed by atoms with Gasteiger partial charge < -0.3 is 4.74 Å². The third-order valence-corrected chi connectivity index (χ3v) is 7.35. The Morgan fingerprint density at radius 1 is 1.23 bits per heavy atom. The molecule has 0 unspecified atom stereocenters. The number of sulfone groups is 1. The van der Waals surface area contributed by atoms with Crippen molar-refractivity contribution in [3.63, 3.8) is 0 Å². The van der Waals surface area contributed by atoms with E-state index < -0.39 is 32.1 Å². The molecule has 0 saturated carbocycles. The average molecular weight is 453 g/mol. The van der Waals surface area contributed by atoms with Gasteiger partial charge in [0.25, 0.3) is 5.91 Å². The zero-order valence-corrected chi connectivity index (χ0v) is 17.8. The van der Waals surface area contributed by atoms with E-state index in [0.29, 0.717) is 11.1 Å². The molecule has 8 nitrogen and oxygen atoms in total. The molecule has 3 aromatic rings. The van der Waals surface area contributed by atoms with Crippen molar-refractivity contribution in [1.82, 2.24) is 15.3 Å². The number of nitrogens with one attached hydrogen (secondary N) is 1. The highest BCUT2D eigenvalue weighted by molar-refractivity contribution is 7.92. The van der Waals surface area contributed by atoms with Crippen molar-refractivity contribution >= 4 is 26.6 Å². The van der Waals surface area contributed by atoms with Crippen molar-refractivity contribution < 1.29 is 31.9 Å². The van der Waals surface area contributed by atoms with Crippen LogP contribution < -0.4 is 10.2 Å². The van der Waals surface area contributed by atoms with E-state index in [0.717, 1.165) is 18.4 Å². The molecule has 0 radical (unpaired) electrons. The van der Waals surface area contributed by atoms with Crippen molar-refractivity contribution in [2.45, 2.75) is 24.6 Å². The molecule has 0 fully saturated rings. The number of amides is 1. The van der Waals surface area contributed by atoms with Crippen LogP contribution >= 0.6 is 0 Å². The molecule has 166 valence electrons. The molecule has 0 aliphatic carbocycles. The zero-order valence-electron chi connectivity index (χ0n) is 17.0. The predicted molar refractivity (Wildman–Crippen MR) is 109 cm³/mol. The van der Waals surface area contributed by atoms with Crippen LogP contribution in [0.5, 0.6) is 5.75 Å². The largest absolute Gasteiger partial charge is 0.497 e. The Morgan fingerprint density at radius 2 is 1.90 bits per heavy atom. The second kappa shape index (κ2) is 8.23. The van der Waals surface area contributed by atoms with Crippen molar-refractivity contribution in [2.75, 3.05) is 13.4 Å². The van der Waals surface area contributed by atoms with E-state index in [1.807, 2.05) is 0 Å². The van der Waals surface area contributed by atoms with Gasteiger partial charge in [0.05, 0.1) is 12.6 Å². The summed E-state index contributed by atoms with van der Waals surface area (Å²) < 4.78 is 57.6. The molecule has 1 amide bonds. The van der Waals surface area contributed by atoms with Crippen LogP contribution in [0.3, 0.4) is 0 Å². The molecule has 0 spiro atoms. The zero-order chi connectivity index (χ0) is 23.0. The lowest BCUT2D eigenvalue weighted by atomic mass is 10.0. The number of carbonyl (C=O) groups excluding carboxylic acids is 1. The number of aryl methyl sites for hydroxylation is 1. The summed E-state index contributed by atoms with van der Waals surface area (Å²) in [5, 5.41) is 13.6. The molecular formula is C20H21F2N3O5S. The fourth-order valence-corrected chi connectivity index (χ4v) is 4.02. The molecule has 1 atom stereocenters. The third-order valence-electron chi connectivity index (χ3n) is 5.33. The number of hydrogen-bond acceptors (Lipinski definition) is 6. The van der Waals surface area contributed by atoms with Crippen molar-refractivity contribution in [2.24, 2.45) is 0 Å². The monoisotopic (exact) mass is 453 g/mol. The molecule has 2 N–H and O–H groups in total. The molecular weight excluding hydrogens is 432 g/mol. The Kier molecular flexibility index (Phi) is 6.01. The number of rotatable bonds is 7. The number of benzene rings is 2. The number of aromatic nitrogens is 2. The minimum atomic E-state index is -3.86. The van der Waals surface area contributed by atoms with Gasteiger partial charge in [-0.1, -0.05) is 0 Å². The summed E-state index contributed by atoms with van der Waals surface area (Å²) in [5.41, 5.74) is 1.75. The number of hydroxylamine groups is 1. The minimum Gasteiger partial charge on any atom is -0.497 e.